The summed E-state index contributed by atoms with van der Waals surface area (Å²) in [4.78, 5) is 8.29. The molecule has 0 bridgehead atoms. The Morgan fingerprint density at radius 2 is 1.07 bits per heavy atom. The average molecular weight is 1340 g/mol. The van der Waals surface area contributed by atoms with Crippen molar-refractivity contribution < 1.29 is 73.6 Å². The van der Waals surface area contributed by atoms with E-state index < -0.39 is 62.2 Å². The van der Waals surface area contributed by atoms with Crippen LogP contribution in [0.2, 0.25) is 0 Å². The second-order valence-corrected chi connectivity index (χ2v) is 25.1. The molecule has 0 aromatic heterocycles. The zero-order valence-corrected chi connectivity index (χ0v) is 52.0. The van der Waals surface area contributed by atoms with E-state index >= 15 is 0 Å². The van der Waals surface area contributed by atoms with Crippen LogP contribution >= 0.6 is 0 Å². The van der Waals surface area contributed by atoms with Crippen LogP contribution in [0, 0.1) is 6.92 Å². The minimum Gasteiger partial charge on any atom is -0.507 e. The minimum atomic E-state index is -5.14. The largest absolute Gasteiger partial charge is 0.507 e. The highest BCUT2D eigenvalue weighted by atomic mass is 32.2. The maximum Gasteiger partial charge on any atom is 0.298 e. The lowest BCUT2D eigenvalue weighted by molar-refractivity contribution is -0.120. The number of carbonyl (C=O) groups excluding carboxylic acids is 1. The number of phenolic OH excluding ortho intramolecular Hbond substituents is 4. The Balaban J connectivity index is 0.840. The molecule has 0 atom stereocenters. The highest BCUT2D eigenvalue weighted by Crippen LogP contribution is 2.48. The lowest BCUT2D eigenvalue weighted by Gasteiger charge is -2.12. The van der Waals surface area contributed by atoms with E-state index in [1.54, 1.807) is 112 Å². The van der Waals surface area contributed by atoms with Crippen LogP contribution in [0.5, 0.6) is 34.5 Å². The number of benzene rings is 11. The summed E-state index contributed by atoms with van der Waals surface area (Å²) in [6, 6.07) is 40.3. The Bertz CT molecular complexity index is 5480. The molecule has 28 nitrogen and oxygen atoms in total. The number of nitrogens with zero attached hydrogens (tertiary/aromatic N) is 10. The molecule has 11 rings (SSSR count). The standard InChI is InChI=1S/C64H50N12O16S3/c1-4-22-91-57-32-53(72-74-55-30-44(93(82,83)84)25-37-26-45(94(85,86)87)31-56(78)59(37)55)34(2)23-54(57)73-76-61-58(95(88,89)90)27-36-24-41(13-16-46(36)64(61)81)69-75-60-47-17-21-52(62(79)48(47)18-20-50(60)65-3)71-68-42-10-8-35-9-19-51(63(80)49(35)29-42)70-67-40-7-5-6-39(28-40)66-38-11-14-43(15-12-38)92-33-77/h5-21,23-33,65-66,78-81H,4,22H2,1-3H3,(H,82,83,84)(H,85,86,87)(H,88,89,90). The second kappa shape index (κ2) is 26.5. The molecule has 0 spiro atoms. The van der Waals surface area contributed by atoms with Crippen molar-refractivity contribution in [2.45, 2.75) is 35.0 Å². The number of fused-ring (bicyclic) bond motifs is 4. The monoisotopic (exact) mass is 1340 g/mol. The van der Waals surface area contributed by atoms with Gasteiger partial charge in [-0.1, -0.05) is 25.1 Å². The molecule has 0 unspecified atom stereocenters. The molecule has 0 aliphatic heterocycles. The molecule has 31 heteroatoms. The molecule has 0 saturated heterocycles. The molecule has 0 fully saturated rings. The zero-order chi connectivity index (χ0) is 67.5. The summed E-state index contributed by atoms with van der Waals surface area (Å²) in [5.74, 6) is -1.42. The molecule has 0 radical (unpaired) electrons. The van der Waals surface area contributed by atoms with Crippen LogP contribution in [0.4, 0.5) is 73.9 Å². The fourth-order valence-corrected chi connectivity index (χ4v) is 11.6. The molecular formula is C64H50N12O16S3. The maximum atomic E-state index is 13.0. The molecule has 0 saturated carbocycles. The highest BCUT2D eigenvalue weighted by molar-refractivity contribution is 7.86. The van der Waals surface area contributed by atoms with Crippen LogP contribution in [0.1, 0.15) is 18.9 Å². The summed E-state index contributed by atoms with van der Waals surface area (Å²) in [6.07, 6.45) is 0.486. The molecular weight excluding hydrogens is 1290 g/mol. The quantitative estimate of drug-likeness (QED) is 0.0183. The number of azo groups is 5. The first-order valence-electron chi connectivity index (χ1n) is 28.1. The van der Waals surface area contributed by atoms with Crippen LogP contribution in [0.15, 0.2) is 230 Å². The van der Waals surface area contributed by atoms with Crippen LogP contribution < -0.4 is 20.1 Å². The molecule has 9 N–H and O–H groups in total. The fraction of sp³-hybridized carbons (Fsp3) is 0.0781. The van der Waals surface area contributed by atoms with Gasteiger partial charge in [0.05, 0.1) is 55.9 Å². The molecule has 0 heterocycles. The van der Waals surface area contributed by atoms with Crippen molar-refractivity contribution in [1.82, 2.24) is 0 Å². The number of phenols is 4. The van der Waals surface area contributed by atoms with E-state index in [4.69, 9.17) is 9.47 Å². The van der Waals surface area contributed by atoms with Gasteiger partial charge < -0.3 is 40.5 Å². The number of hydrogen-bond donors (Lipinski definition) is 9. The first-order valence-corrected chi connectivity index (χ1v) is 32.4. The van der Waals surface area contributed by atoms with E-state index in [0.717, 1.165) is 30.0 Å². The third-order valence-electron chi connectivity index (χ3n) is 14.5. The van der Waals surface area contributed by atoms with Gasteiger partial charge in [0.25, 0.3) is 36.8 Å². The van der Waals surface area contributed by atoms with Crippen molar-refractivity contribution in [3.63, 3.8) is 0 Å². The van der Waals surface area contributed by atoms with E-state index in [2.05, 4.69) is 61.8 Å². The summed E-state index contributed by atoms with van der Waals surface area (Å²) in [6.45, 7) is 3.82. The summed E-state index contributed by atoms with van der Waals surface area (Å²) in [7, 11) is -13.3. The third-order valence-corrected chi connectivity index (χ3v) is 17.0. The van der Waals surface area contributed by atoms with Crippen molar-refractivity contribution in [2.24, 2.45) is 51.1 Å². The minimum absolute atomic E-state index is 0.00493. The summed E-state index contributed by atoms with van der Waals surface area (Å²) < 4.78 is 115. The Kier molecular flexibility index (Phi) is 18.0. The van der Waals surface area contributed by atoms with Gasteiger partial charge in [0.2, 0.25) is 0 Å². The Morgan fingerprint density at radius 1 is 0.474 bits per heavy atom. The van der Waals surface area contributed by atoms with Gasteiger partial charge in [0.15, 0.2) is 17.2 Å². The molecule has 11 aromatic rings. The molecule has 0 aliphatic rings. The first kappa shape index (κ1) is 64.8. The lowest BCUT2D eigenvalue weighted by Crippen LogP contribution is -2.00. The molecule has 11 aromatic carbocycles. The van der Waals surface area contributed by atoms with Crippen molar-refractivity contribution in [3.05, 3.63) is 169 Å². The normalized spacial score (nSPS) is 12.4. The van der Waals surface area contributed by atoms with Crippen LogP contribution in [0.3, 0.4) is 0 Å². The lowest BCUT2D eigenvalue weighted by atomic mass is 10.1. The van der Waals surface area contributed by atoms with Crippen LogP contribution in [0.25, 0.3) is 43.1 Å². The molecule has 95 heavy (non-hydrogen) atoms. The van der Waals surface area contributed by atoms with Crippen molar-refractivity contribution in [2.75, 3.05) is 24.3 Å². The summed E-state index contributed by atoms with van der Waals surface area (Å²) in [5.41, 5.74) is 2.90. The van der Waals surface area contributed by atoms with Gasteiger partial charge in [-0.3, -0.25) is 18.5 Å². The predicted octanol–water partition coefficient (Wildman–Crippen LogP) is 17.4. The van der Waals surface area contributed by atoms with Crippen molar-refractivity contribution in [1.29, 1.82) is 0 Å². The van der Waals surface area contributed by atoms with Gasteiger partial charge in [-0.2, -0.15) is 45.7 Å². The van der Waals surface area contributed by atoms with Gasteiger partial charge in [-0.25, -0.2) is 0 Å². The number of anilines is 3. The molecule has 480 valence electrons. The van der Waals surface area contributed by atoms with Crippen LogP contribution in [-0.2, 0) is 35.1 Å². The Labute approximate surface area is 538 Å². The number of aromatic hydroxyl groups is 4. The number of aryl methyl sites for hydroxylation is 1. The zero-order valence-electron chi connectivity index (χ0n) is 49.6. The molecule has 0 aliphatic carbocycles. The highest BCUT2D eigenvalue weighted by Gasteiger charge is 2.25. The number of ether oxygens (including phenoxy) is 2. The average Bonchev–Trinajstić information content (AvgIpc) is 0.784. The molecule has 0 amide bonds. The second-order valence-electron chi connectivity index (χ2n) is 20.8. The number of rotatable bonds is 21. The van der Waals surface area contributed by atoms with Crippen molar-refractivity contribution in [3.8, 4) is 34.5 Å². The maximum absolute atomic E-state index is 13.0. The van der Waals surface area contributed by atoms with Gasteiger partial charge in [0.1, 0.15) is 50.6 Å². The van der Waals surface area contributed by atoms with E-state index in [1.807, 2.05) is 6.07 Å². The summed E-state index contributed by atoms with van der Waals surface area (Å²) in [5, 5.41) is 96.2. The van der Waals surface area contributed by atoms with Gasteiger partial charge in [0, 0.05) is 52.1 Å². The van der Waals surface area contributed by atoms with E-state index in [-0.39, 0.29) is 85.2 Å². The third kappa shape index (κ3) is 14.2. The van der Waals surface area contributed by atoms with Gasteiger partial charge in [-0.15, -0.1) is 30.7 Å². The fourth-order valence-electron chi connectivity index (χ4n) is 9.87. The van der Waals surface area contributed by atoms with E-state index in [0.29, 0.717) is 74.6 Å². The van der Waals surface area contributed by atoms with Crippen LogP contribution in [-0.4, -0.2) is 79.5 Å². The topological polar surface area (TPSA) is 427 Å². The van der Waals surface area contributed by atoms with Crippen molar-refractivity contribution >= 4 is 154 Å². The predicted molar refractivity (Wildman–Crippen MR) is 352 cm³/mol. The smallest absolute Gasteiger partial charge is 0.298 e. The Hall–Kier alpha value is -11.7. The number of carbonyl (C=O) groups is 1. The number of hydrogen-bond acceptors (Lipinski definition) is 25. The first-order chi connectivity index (χ1) is 45.4. The Morgan fingerprint density at radius 3 is 1.77 bits per heavy atom. The summed E-state index contributed by atoms with van der Waals surface area (Å²) >= 11 is 0. The van der Waals surface area contributed by atoms with E-state index in [1.165, 1.54) is 36.4 Å². The van der Waals surface area contributed by atoms with Gasteiger partial charge >= 0.3 is 0 Å². The van der Waals surface area contributed by atoms with Gasteiger partial charge in [-0.05, 0) is 169 Å². The SMILES string of the molecule is CCCOc1cc(N=Nc2cc(S(=O)(=O)O)cc3cc(S(=O)(=O)O)cc(O)c23)c(C)cc1N=Nc1c(S(=O)(=O)O)cc2cc(N=Nc3c(NC)ccc4c(O)c(N=Nc5ccc6ccc(N=Nc7cccc(Nc8ccc(OC=O)cc8)c7)c(O)c6c5)ccc34)ccc2c1O. The van der Waals surface area contributed by atoms with E-state index in [9.17, 15) is 64.1 Å². The number of nitrogens with one attached hydrogen (secondary N) is 2.